The van der Waals surface area contributed by atoms with Crippen molar-refractivity contribution in [1.29, 1.82) is 0 Å². The molecular weight excluding hydrogens is 220 g/mol. The van der Waals surface area contributed by atoms with Crippen molar-refractivity contribution in [2.45, 2.75) is 26.5 Å². The topological polar surface area (TPSA) is 71.5 Å². The molecule has 1 aromatic rings. The van der Waals surface area contributed by atoms with Gasteiger partial charge in [0.15, 0.2) is 0 Å². The SMILES string of the molecule is CC(C)Oc1ncccc1CN/C=C/C(=O)O. The molecule has 1 rings (SSSR count). The number of aliphatic carboxylic acids is 1. The molecule has 0 aliphatic rings. The van der Waals surface area contributed by atoms with E-state index in [4.69, 9.17) is 9.84 Å². The summed E-state index contributed by atoms with van der Waals surface area (Å²) in [5.41, 5.74) is 0.885. The van der Waals surface area contributed by atoms with Crippen molar-refractivity contribution in [1.82, 2.24) is 10.3 Å². The third-order valence-corrected chi connectivity index (χ3v) is 1.83. The van der Waals surface area contributed by atoms with E-state index < -0.39 is 5.97 Å². The number of hydrogen-bond donors (Lipinski definition) is 2. The lowest BCUT2D eigenvalue weighted by Gasteiger charge is -2.12. The Morgan fingerprint density at radius 3 is 3.06 bits per heavy atom. The number of carboxylic acids is 1. The molecule has 0 radical (unpaired) electrons. The zero-order valence-electron chi connectivity index (χ0n) is 9.88. The summed E-state index contributed by atoms with van der Waals surface area (Å²) in [5, 5.41) is 11.3. The van der Waals surface area contributed by atoms with Crippen molar-refractivity contribution >= 4 is 5.97 Å². The smallest absolute Gasteiger partial charge is 0.329 e. The Labute approximate surface area is 100 Å². The van der Waals surface area contributed by atoms with E-state index in [0.717, 1.165) is 11.6 Å². The number of carbonyl (C=O) groups is 1. The largest absolute Gasteiger partial charge is 0.478 e. The number of aromatic nitrogens is 1. The number of rotatable bonds is 6. The molecule has 1 heterocycles. The van der Waals surface area contributed by atoms with Crippen LogP contribution in [-0.4, -0.2) is 22.2 Å². The minimum Gasteiger partial charge on any atom is -0.478 e. The van der Waals surface area contributed by atoms with Gasteiger partial charge >= 0.3 is 5.97 Å². The van der Waals surface area contributed by atoms with Crippen LogP contribution in [0.15, 0.2) is 30.6 Å². The molecule has 0 saturated heterocycles. The quantitative estimate of drug-likeness (QED) is 0.733. The summed E-state index contributed by atoms with van der Waals surface area (Å²) in [4.78, 5) is 14.4. The van der Waals surface area contributed by atoms with Crippen LogP contribution in [0.5, 0.6) is 5.88 Å². The van der Waals surface area contributed by atoms with Gasteiger partial charge in [-0.3, -0.25) is 0 Å². The number of pyridine rings is 1. The van der Waals surface area contributed by atoms with Gasteiger partial charge in [-0.2, -0.15) is 0 Å². The molecule has 0 aliphatic heterocycles. The maximum Gasteiger partial charge on any atom is 0.329 e. The summed E-state index contributed by atoms with van der Waals surface area (Å²) >= 11 is 0. The first kappa shape index (κ1) is 13.0. The van der Waals surface area contributed by atoms with Crippen LogP contribution in [0.1, 0.15) is 19.4 Å². The zero-order valence-corrected chi connectivity index (χ0v) is 9.88. The highest BCUT2D eigenvalue weighted by Gasteiger charge is 2.05. The summed E-state index contributed by atoms with van der Waals surface area (Å²) in [5.74, 6) is -0.416. The minimum atomic E-state index is -0.984. The van der Waals surface area contributed by atoms with Gasteiger partial charge < -0.3 is 15.2 Å². The summed E-state index contributed by atoms with van der Waals surface area (Å²) in [7, 11) is 0. The van der Waals surface area contributed by atoms with Crippen LogP contribution < -0.4 is 10.1 Å². The van der Waals surface area contributed by atoms with E-state index in [0.29, 0.717) is 12.4 Å². The molecule has 0 fully saturated rings. The fourth-order valence-electron chi connectivity index (χ4n) is 1.19. The Bertz CT molecular complexity index is 402. The number of hydrogen-bond acceptors (Lipinski definition) is 4. The van der Waals surface area contributed by atoms with Crippen LogP contribution in [0.2, 0.25) is 0 Å². The summed E-state index contributed by atoms with van der Waals surface area (Å²) in [6.45, 7) is 4.33. The molecule has 0 aliphatic carbocycles. The maximum atomic E-state index is 10.3. The molecule has 17 heavy (non-hydrogen) atoms. The van der Waals surface area contributed by atoms with Gasteiger partial charge in [-0.1, -0.05) is 6.07 Å². The maximum absolute atomic E-state index is 10.3. The Morgan fingerprint density at radius 2 is 2.41 bits per heavy atom. The molecule has 0 atom stereocenters. The average molecular weight is 236 g/mol. The van der Waals surface area contributed by atoms with E-state index in [1.54, 1.807) is 6.20 Å². The Hall–Kier alpha value is -2.04. The minimum absolute atomic E-state index is 0.0539. The first-order valence-electron chi connectivity index (χ1n) is 5.33. The molecule has 0 aromatic carbocycles. The van der Waals surface area contributed by atoms with Crippen molar-refractivity contribution in [3.05, 3.63) is 36.2 Å². The van der Waals surface area contributed by atoms with E-state index in [-0.39, 0.29) is 6.10 Å². The monoisotopic (exact) mass is 236 g/mol. The van der Waals surface area contributed by atoms with Crippen LogP contribution in [0.4, 0.5) is 0 Å². The predicted molar refractivity (Wildman–Crippen MR) is 63.6 cm³/mol. The first-order chi connectivity index (χ1) is 8.09. The molecular formula is C12H16N2O3. The predicted octanol–water partition coefficient (Wildman–Crippen LogP) is 1.56. The second kappa shape index (κ2) is 6.52. The van der Waals surface area contributed by atoms with E-state index in [1.165, 1.54) is 6.20 Å². The lowest BCUT2D eigenvalue weighted by Crippen LogP contribution is -2.12. The lowest BCUT2D eigenvalue weighted by molar-refractivity contribution is -0.131. The van der Waals surface area contributed by atoms with Crippen molar-refractivity contribution in [2.75, 3.05) is 0 Å². The number of nitrogens with zero attached hydrogens (tertiary/aromatic N) is 1. The Morgan fingerprint density at radius 1 is 1.65 bits per heavy atom. The van der Waals surface area contributed by atoms with Crippen LogP contribution >= 0.6 is 0 Å². The van der Waals surface area contributed by atoms with Crippen molar-refractivity contribution < 1.29 is 14.6 Å². The van der Waals surface area contributed by atoms with Crippen molar-refractivity contribution in [3.8, 4) is 5.88 Å². The molecule has 0 spiro atoms. The molecule has 0 unspecified atom stereocenters. The van der Waals surface area contributed by atoms with E-state index in [9.17, 15) is 4.79 Å². The van der Waals surface area contributed by atoms with Crippen LogP contribution in [0.25, 0.3) is 0 Å². The number of ether oxygens (including phenoxy) is 1. The van der Waals surface area contributed by atoms with Crippen molar-refractivity contribution in [3.63, 3.8) is 0 Å². The molecule has 5 nitrogen and oxygen atoms in total. The normalized spacial score (nSPS) is 10.8. The third-order valence-electron chi connectivity index (χ3n) is 1.83. The highest BCUT2D eigenvalue weighted by Crippen LogP contribution is 2.15. The number of carboxylic acid groups (broad SMARTS) is 1. The Balaban J connectivity index is 2.60. The third kappa shape index (κ3) is 5.01. The van der Waals surface area contributed by atoms with E-state index in [1.807, 2.05) is 26.0 Å². The molecule has 2 N–H and O–H groups in total. The van der Waals surface area contributed by atoms with E-state index in [2.05, 4.69) is 10.3 Å². The first-order valence-corrected chi connectivity index (χ1v) is 5.33. The molecule has 1 aromatic heterocycles. The highest BCUT2D eigenvalue weighted by atomic mass is 16.5. The fraction of sp³-hybridized carbons (Fsp3) is 0.333. The number of nitrogens with one attached hydrogen (secondary N) is 1. The van der Waals surface area contributed by atoms with Gasteiger partial charge in [-0.25, -0.2) is 9.78 Å². The van der Waals surface area contributed by atoms with E-state index >= 15 is 0 Å². The van der Waals surface area contributed by atoms with Gasteiger partial charge in [0.05, 0.1) is 6.10 Å². The summed E-state index contributed by atoms with van der Waals surface area (Å²) in [6.07, 6.45) is 4.14. The molecule has 5 heteroatoms. The standard InChI is InChI=1S/C12H16N2O3/c1-9(2)17-12-10(4-3-6-14-12)8-13-7-5-11(15)16/h3-7,9,13H,8H2,1-2H3,(H,15,16)/b7-5+. The Kier molecular flexibility index (Phi) is 5.00. The van der Waals surface area contributed by atoms with Crippen LogP contribution in [0.3, 0.4) is 0 Å². The van der Waals surface area contributed by atoms with Crippen LogP contribution in [-0.2, 0) is 11.3 Å². The zero-order chi connectivity index (χ0) is 12.7. The van der Waals surface area contributed by atoms with Gasteiger partial charge in [-0.05, 0) is 19.9 Å². The second-order valence-corrected chi connectivity index (χ2v) is 3.69. The fourth-order valence-corrected chi connectivity index (χ4v) is 1.19. The van der Waals surface area contributed by atoms with Gasteiger partial charge in [0.2, 0.25) is 5.88 Å². The average Bonchev–Trinajstić information content (AvgIpc) is 2.25. The molecule has 92 valence electrons. The van der Waals surface area contributed by atoms with Gasteiger partial charge in [-0.15, -0.1) is 0 Å². The van der Waals surface area contributed by atoms with Gasteiger partial charge in [0.1, 0.15) is 0 Å². The molecule has 0 amide bonds. The second-order valence-electron chi connectivity index (χ2n) is 3.69. The highest BCUT2D eigenvalue weighted by molar-refractivity contribution is 5.79. The summed E-state index contributed by atoms with van der Waals surface area (Å²) in [6, 6.07) is 3.69. The molecule has 0 bridgehead atoms. The van der Waals surface area contributed by atoms with Gasteiger partial charge in [0, 0.05) is 30.6 Å². The van der Waals surface area contributed by atoms with Crippen LogP contribution in [0, 0.1) is 0 Å². The van der Waals surface area contributed by atoms with Crippen molar-refractivity contribution in [2.24, 2.45) is 0 Å². The summed E-state index contributed by atoms with van der Waals surface area (Å²) < 4.78 is 5.53. The molecule has 0 saturated carbocycles. The lowest BCUT2D eigenvalue weighted by atomic mass is 10.2. The van der Waals surface area contributed by atoms with Gasteiger partial charge in [0.25, 0.3) is 0 Å².